The molecule has 0 saturated carbocycles. The SMILES string of the molecule is Cc1cccc(-n2nc(C)cc2C(=O)N2CCN(c3ccccc3)CC2)c1. The lowest BCUT2D eigenvalue weighted by Gasteiger charge is -2.36. The van der Waals surface area contributed by atoms with Crippen molar-refractivity contribution in [1.29, 1.82) is 0 Å². The lowest BCUT2D eigenvalue weighted by molar-refractivity contribution is 0.0737. The molecule has 5 heteroatoms. The van der Waals surface area contributed by atoms with Crippen LogP contribution < -0.4 is 4.90 Å². The Morgan fingerprint density at radius 3 is 2.26 bits per heavy atom. The molecule has 27 heavy (non-hydrogen) atoms. The van der Waals surface area contributed by atoms with Crippen molar-refractivity contribution < 1.29 is 4.79 Å². The average Bonchev–Trinajstić information content (AvgIpc) is 3.10. The molecule has 4 rings (SSSR count). The van der Waals surface area contributed by atoms with E-state index in [-0.39, 0.29) is 5.91 Å². The number of anilines is 1. The van der Waals surface area contributed by atoms with Crippen LogP contribution in [-0.2, 0) is 0 Å². The Labute approximate surface area is 159 Å². The van der Waals surface area contributed by atoms with Gasteiger partial charge >= 0.3 is 0 Å². The van der Waals surface area contributed by atoms with E-state index in [2.05, 4.69) is 40.3 Å². The van der Waals surface area contributed by atoms with Gasteiger partial charge in [0.25, 0.3) is 5.91 Å². The topological polar surface area (TPSA) is 41.4 Å². The summed E-state index contributed by atoms with van der Waals surface area (Å²) in [6, 6.07) is 20.3. The second kappa shape index (κ2) is 7.27. The molecule has 3 aromatic rings. The van der Waals surface area contributed by atoms with Crippen LogP contribution in [0.15, 0.2) is 60.7 Å². The highest BCUT2D eigenvalue weighted by Gasteiger charge is 2.25. The molecule has 1 fully saturated rings. The molecule has 1 aliphatic rings. The van der Waals surface area contributed by atoms with Gasteiger partial charge in [-0.3, -0.25) is 4.79 Å². The molecule has 0 aliphatic carbocycles. The van der Waals surface area contributed by atoms with Gasteiger partial charge in [0.2, 0.25) is 0 Å². The molecule has 1 aliphatic heterocycles. The number of rotatable bonds is 3. The smallest absolute Gasteiger partial charge is 0.272 e. The van der Waals surface area contributed by atoms with Crippen molar-refractivity contribution in [3.8, 4) is 5.69 Å². The summed E-state index contributed by atoms with van der Waals surface area (Å²) in [7, 11) is 0. The number of carbonyl (C=O) groups is 1. The molecular formula is C22H24N4O. The molecule has 1 aromatic heterocycles. The van der Waals surface area contributed by atoms with Crippen molar-refractivity contribution in [2.24, 2.45) is 0 Å². The molecule has 0 spiro atoms. The summed E-state index contributed by atoms with van der Waals surface area (Å²) < 4.78 is 1.77. The molecule has 2 heterocycles. The Morgan fingerprint density at radius 1 is 0.852 bits per heavy atom. The van der Waals surface area contributed by atoms with Crippen LogP contribution in [0.5, 0.6) is 0 Å². The summed E-state index contributed by atoms with van der Waals surface area (Å²) in [5.74, 6) is 0.0461. The van der Waals surface area contributed by atoms with Crippen molar-refractivity contribution in [3.05, 3.63) is 77.6 Å². The third-order valence-corrected chi connectivity index (χ3v) is 4.99. The van der Waals surface area contributed by atoms with Crippen molar-refractivity contribution in [1.82, 2.24) is 14.7 Å². The van der Waals surface area contributed by atoms with Gasteiger partial charge in [-0.15, -0.1) is 0 Å². The fraction of sp³-hybridized carbons (Fsp3) is 0.273. The van der Waals surface area contributed by atoms with Gasteiger partial charge in [-0.1, -0.05) is 30.3 Å². The monoisotopic (exact) mass is 360 g/mol. The predicted molar refractivity (Wildman–Crippen MR) is 108 cm³/mol. The fourth-order valence-corrected chi connectivity index (χ4v) is 3.58. The van der Waals surface area contributed by atoms with E-state index in [0.29, 0.717) is 18.8 Å². The number of carbonyl (C=O) groups excluding carboxylic acids is 1. The Bertz CT molecular complexity index is 940. The molecule has 0 atom stereocenters. The molecule has 1 amide bonds. The van der Waals surface area contributed by atoms with Gasteiger partial charge in [0, 0.05) is 31.9 Å². The summed E-state index contributed by atoms with van der Waals surface area (Å²) in [4.78, 5) is 17.4. The third kappa shape index (κ3) is 3.58. The average molecular weight is 360 g/mol. The quantitative estimate of drug-likeness (QED) is 0.718. The Balaban J connectivity index is 1.53. The number of hydrogen-bond acceptors (Lipinski definition) is 3. The number of para-hydroxylation sites is 1. The second-order valence-electron chi connectivity index (χ2n) is 7.04. The maximum atomic E-state index is 13.2. The number of aromatic nitrogens is 2. The normalized spacial score (nSPS) is 14.4. The second-order valence-corrected chi connectivity index (χ2v) is 7.04. The minimum absolute atomic E-state index is 0.0461. The predicted octanol–water partition coefficient (Wildman–Crippen LogP) is 3.45. The number of nitrogens with zero attached hydrogens (tertiary/aromatic N) is 4. The number of aryl methyl sites for hydroxylation is 2. The van der Waals surface area contributed by atoms with Crippen LogP contribution in [0.25, 0.3) is 5.69 Å². The summed E-state index contributed by atoms with van der Waals surface area (Å²) in [6.45, 7) is 7.08. The van der Waals surface area contributed by atoms with Gasteiger partial charge in [-0.05, 0) is 49.7 Å². The van der Waals surface area contributed by atoms with Gasteiger partial charge < -0.3 is 9.80 Å². The van der Waals surface area contributed by atoms with Crippen LogP contribution in [0.4, 0.5) is 5.69 Å². The highest BCUT2D eigenvalue weighted by molar-refractivity contribution is 5.93. The van der Waals surface area contributed by atoms with Crippen LogP contribution in [0.2, 0.25) is 0 Å². The highest BCUT2D eigenvalue weighted by atomic mass is 16.2. The molecule has 138 valence electrons. The van der Waals surface area contributed by atoms with Gasteiger partial charge in [0.15, 0.2) is 0 Å². The van der Waals surface area contributed by atoms with E-state index in [4.69, 9.17) is 0 Å². The Kier molecular flexibility index (Phi) is 4.67. The van der Waals surface area contributed by atoms with Gasteiger partial charge in [-0.25, -0.2) is 4.68 Å². The van der Waals surface area contributed by atoms with Crippen molar-refractivity contribution in [2.75, 3.05) is 31.1 Å². The molecule has 0 unspecified atom stereocenters. The molecule has 1 saturated heterocycles. The van der Waals surface area contributed by atoms with E-state index < -0.39 is 0 Å². The largest absolute Gasteiger partial charge is 0.368 e. The summed E-state index contributed by atoms with van der Waals surface area (Å²) >= 11 is 0. The first-order chi connectivity index (χ1) is 13.1. The van der Waals surface area contributed by atoms with Crippen LogP contribution in [0.3, 0.4) is 0 Å². The van der Waals surface area contributed by atoms with Crippen molar-refractivity contribution in [3.63, 3.8) is 0 Å². The number of piperazine rings is 1. The number of hydrogen-bond donors (Lipinski definition) is 0. The maximum Gasteiger partial charge on any atom is 0.272 e. The van der Waals surface area contributed by atoms with Crippen LogP contribution in [0, 0.1) is 13.8 Å². The van der Waals surface area contributed by atoms with E-state index in [1.54, 1.807) is 4.68 Å². The first kappa shape index (κ1) is 17.3. The molecule has 0 N–H and O–H groups in total. The summed E-state index contributed by atoms with van der Waals surface area (Å²) in [5.41, 5.74) is 4.77. The van der Waals surface area contributed by atoms with E-state index in [9.17, 15) is 4.79 Å². The van der Waals surface area contributed by atoms with Crippen LogP contribution in [-0.4, -0.2) is 46.8 Å². The fourth-order valence-electron chi connectivity index (χ4n) is 3.58. The maximum absolute atomic E-state index is 13.2. The van der Waals surface area contributed by atoms with Crippen LogP contribution >= 0.6 is 0 Å². The zero-order chi connectivity index (χ0) is 18.8. The Hall–Kier alpha value is -3.08. The molecular weight excluding hydrogens is 336 g/mol. The first-order valence-corrected chi connectivity index (χ1v) is 9.35. The summed E-state index contributed by atoms with van der Waals surface area (Å²) in [5, 5.41) is 4.56. The first-order valence-electron chi connectivity index (χ1n) is 9.35. The van der Waals surface area contributed by atoms with E-state index in [1.165, 1.54) is 5.69 Å². The summed E-state index contributed by atoms with van der Waals surface area (Å²) in [6.07, 6.45) is 0. The zero-order valence-electron chi connectivity index (χ0n) is 15.8. The van der Waals surface area contributed by atoms with Crippen molar-refractivity contribution in [2.45, 2.75) is 13.8 Å². The minimum Gasteiger partial charge on any atom is -0.368 e. The Morgan fingerprint density at radius 2 is 1.56 bits per heavy atom. The number of amides is 1. The highest BCUT2D eigenvalue weighted by Crippen LogP contribution is 2.19. The minimum atomic E-state index is 0.0461. The lowest BCUT2D eigenvalue weighted by atomic mass is 10.2. The van der Waals surface area contributed by atoms with Gasteiger partial charge in [0.05, 0.1) is 11.4 Å². The zero-order valence-corrected chi connectivity index (χ0v) is 15.8. The molecule has 0 radical (unpaired) electrons. The third-order valence-electron chi connectivity index (χ3n) is 4.99. The van der Waals surface area contributed by atoms with E-state index in [1.807, 2.05) is 49.1 Å². The van der Waals surface area contributed by atoms with E-state index >= 15 is 0 Å². The van der Waals surface area contributed by atoms with Crippen molar-refractivity contribution >= 4 is 11.6 Å². The molecule has 0 bridgehead atoms. The molecule has 5 nitrogen and oxygen atoms in total. The van der Waals surface area contributed by atoms with E-state index in [0.717, 1.165) is 30.0 Å². The molecule has 2 aromatic carbocycles. The van der Waals surface area contributed by atoms with Gasteiger partial charge in [0.1, 0.15) is 5.69 Å². The van der Waals surface area contributed by atoms with Crippen LogP contribution in [0.1, 0.15) is 21.7 Å². The van der Waals surface area contributed by atoms with Gasteiger partial charge in [-0.2, -0.15) is 5.10 Å². The lowest BCUT2D eigenvalue weighted by Crippen LogP contribution is -2.49. The number of benzene rings is 2. The standard InChI is InChI=1S/C22H24N4O/c1-17-7-6-10-20(15-17)26-21(16-18(2)23-26)22(27)25-13-11-24(12-14-25)19-8-4-3-5-9-19/h3-10,15-16H,11-14H2,1-2H3.